The van der Waals surface area contributed by atoms with Gasteiger partial charge in [0.2, 0.25) is 0 Å². The van der Waals surface area contributed by atoms with Crippen molar-refractivity contribution >= 4 is 12.4 Å². The summed E-state index contributed by atoms with van der Waals surface area (Å²) < 4.78 is 0. The molecule has 0 aliphatic rings. The summed E-state index contributed by atoms with van der Waals surface area (Å²) in [6.07, 6.45) is 3.49. The molecule has 0 saturated heterocycles. The van der Waals surface area contributed by atoms with Gasteiger partial charge in [-0.05, 0) is 73.2 Å². The van der Waals surface area contributed by atoms with E-state index in [-0.39, 0.29) is 23.6 Å². The molecule has 0 radical (unpaired) electrons. The van der Waals surface area contributed by atoms with Gasteiger partial charge in [-0.25, -0.2) is 0 Å². The first-order chi connectivity index (χ1) is 17.3. The highest BCUT2D eigenvalue weighted by Gasteiger charge is 2.23. The number of aliphatic imine (C=N–C) groups is 2. The predicted octanol–water partition coefficient (Wildman–Crippen LogP) is 7.35. The zero-order valence-corrected chi connectivity index (χ0v) is 21.2. The second-order valence-corrected chi connectivity index (χ2v) is 9.31. The van der Waals surface area contributed by atoms with Crippen molar-refractivity contribution in [1.82, 2.24) is 0 Å². The van der Waals surface area contributed by atoms with Crippen LogP contribution >= 0.6 is 0 Å². The van der Waals surface area contributed by atoms with Crippen LogP contribution in [0.2, 0.25) is 0 Å². The summed E-state index contributed by atoms with van der Waals surface area (Å²) in [5, 5.41) is 21.3. The van der Waals surface area contributed by atoms with Gasteiger partial charge in [0.15, 0.2) is 0 Å². The van der Waals surface area contributed by atoms with Gasteiger partial charge in [0.1, 0.15) is 23.6 Å². The van der Waals surface area contributed by atoms with Crippen LogP contribution in [-0.4, -0.2) is 22.6 Å². The van der Waals surface area contributed by atoms with E-state index in [1.54, 1.807) is 12.4 Å². The van der Waals surface area contributed by atoms with Crippen molar-refractivity contribution in [1.29, 1.82) is 0 Å². The van der Waals surface area contributed by atoms with Gasteiger partial charge in [0, 0.05) is 23.6 Å². The van der Waals surface area contributed by atoms with E-state index in [0.717, 1.165) is 33.4 Å². The summed E-state index contributed by atoms with van der Waals surface area (Å²) in [6, 6.07) is 27.2. The topological polar surface area (TPSA) is 65.2 Å². The Morgan fingerprint density at radius 2 is 0.917 bits per heavy atom. The molecule has 4 nitrogen and oxygen atoms in total. The van der Waals surface area contributed by atoms with E-state index >= 15 is 0 Å². The largest absolute Gasteiger partial charge is 0.507 e. The highest BCUT2D eigenvalue weighted by Crippen LogP contribution is 2.36. The fourth-order valence-electron chi connectivity index (χ4n) is 4.50. The zero-order valence-electron chi connectivity index (χ0n) is 21.2. The van der Waals surface area contributed by atoms with E-state index in [2.05, 4.69) is 0 Å². The monoisotopic (exact) mass is 476 g/mol. The molecule has 2 N–H and O–H groups in total. The highest BCUT2D eigenvalue weighted by molar-refractivity contribution is 5.85. The third kappa shape index (κ3) is 5.72. The maximum absolute atomic E-state index is 10.6. The average molecular weight is 477 g/mol. The van der Waals surface area contributed by atoms with Crippen molar-refractivity contribution < 1.29 is 10.2 Å². The molecule has 0 heterocycles. The maximum Gasteiger partial charge on any atom is 0.127 e. The van der Waals surface area contributed by atoms with Gasteiger partial charge >= 0.3 is 0 Å². The van der Waals surface area contributed by atoms with Crippen LogP contribution in [0.15, 0.2) is 94.9 Å². The molecule has 4 aromatic rings. The molecule has 4 heteroatoms. The van der Waals surface area contributed by atoms with Crippen LogP contribution in [0.5, 0.6) is 11.5 Å². The number of aryl methyl sites for hydroxylation is 4. The number of hydrogen-bond donors (Lipinski definition) is 2. The Labute approximate surface area is 213 Å². The maximum atomic E-state index is 10.6. The van der Waals surface area contributed by atoms with Gasteiger partial charge in [-0.15, -0.1) is 0 Å². The molecule has 0 saturated carbocycles. The number of aromatic hydroxyl groups is 2. The Bertz CT molecular complexity index is 1280. The molecule has 4 aromatic carbocycles. The summed E-state index contributed by atoms with van der Waals surface area (Å²) >= 11 is 0. The first kappa shape index (κ1) is 24.9. The Morgan fingerprint density at radius 1 is 0.556 bits per heavy atom. The first-order valence-corrected chi connectivity index (χ1v) is 12.1. The summed E-state index contributed by atoms with van der Waals surface area (Å²) in [6.45, 7) is 7.79. The SMILES string of the molecule is Cc1cc(C)c(O)c(C=N[C@H](c2ccccc2)[C@H](N=Cc2cc(C)cc(C)c2O)c2ccccc2)c1. The molecule has 0 aliphatic carbocycles. The van der Waals surface area contributed by atoms with E-state index in [9.17, 15) is 10.2 Å². The number of rotatable bonds is 7. The second kappa shape index (κ2) is 11.0. The van der Waals surface area contributed by atoms with Crippen molar-refractivity contribution in [3.63, 3.8) is 0 Å². The third-order valence-electron chi connectivity index (χ3n) is 6.28. The van der Waals surface area contributed by atoms with Crippen LogP contribution in [0.4, 0.5) is 0 Å². The molecule has 182 valence electrons. The van der Waals surface area contributed by atoms with Crippen LogP contribution in [0, 0.1) is 27.7 Å². The van der Waals surface area contributed by atoms with Gasteiger partial charge in [-0.1, -0.05) is 72.8 Å². The number of nitrogens with zero attached hydrogens (tertiary/aromatic N) is 2. The molecule has 0 fully saturated rings. The molecular formula is C32H32N2O2. The van der Waals surface area contributed by atoms with Crippen LogP contribution in [0.25, 0.3) is 0 Å². The lowest BCUT2D eigenvalue weighted by molar-refractivity contribution is 0.469. The van der Waals surface area contributed by atoms with E-state index in [1.807, 2.05) is 113 Å². The van der Waals surface area contributed by atoms with Gasteiger partial charge in [0.25, 0.3) is 0 Å². The zero-order chi connectivity index (χ0) is 25.7. The highest BCUT2D eigenvalue weighted by atomic mass is 16.3. The summed E-state index contributed by atoms with van der Waals surface area (Å²) in [4.78, 5) is 9.99. The molecular weight excluding hydrogens is 444 g/mol. The molecule has 0 amide bonds. The minimum atomic E-state index is -0.349. The standard InChI is InChI=1S/C32H32N2O2/c1-21-15-23(3)31(35)27(17-21)19-33-29(25-11-7-5-8-12-25)30(26-13-9-6-10-14-26)34-20-28-18-22(2)16-24(4)32(28)36/h5-20,29-30,35-36H,1-4H3/t29-,30-/m1/s1. The minimum absolute atomic E-state index is 0.232. The summed E-state index contributed by atoms with van der Waals surface area (Å²) in [7, 11) is 0. The number of phenolic OH excluding ortho intramolecular Hbond substituents is 2. The van der Waals surface area contributed by atoms with E-state index in [4.69, 9.17) is 9.98 Å². The van der Waals surface area contributed by atoms with Gasteiger partial charge in [-0.3, -0.25) is 9.98 Å². The van der Waals surface area contributed by atoms with E-state index < -0.39 is 0 Å². The Hall–Kier alpha value is -4.18. The van der Waals surface area contributed by atoms with Crippen LogP contribution in [-0.2, 0) is 0 Å². The quantitative estimate of drug-likeness (QED) is 0.274. The molecule has 4 rings (SSSR count). The Morgan fingerprint density at radius 3 is 1.28 bits per heavy atom. The normalized spacial score (nSPS) is 13.3. The summed E-state index contributed by atoms with van der Waals surface area (Å²) in [5.41, 5.74) is 7.12. The van der Waals surface area contributed by atoms with Crippen molar-refractivity contribution in [3.8, 4) is 11.5 Å². The van der Waals surface area contributed by atoms with Crippen molar-refractivity contribution in [2.75, 3.05) is 0 Å². The van der Waals surface area contributed by atoms with Crippen molar-refractivity contribution in [3.05, 3.63) is 129 Å². The lowest BCUT2D eigenvalue weighted by Gasteiger charge is -2.22. The smallest absolute Gasteiger partial charge is 0.127 e. The molecule has 2 atom stereocenters. The molecule has 0 aromatic heterocycles. The fourth-order valence-corrected chi connectivity index (χ4v) is 4.50. The van der Waals surface area contributed by atoms with E-state index in [1.165, 1.54) is 0 Å². The predicted molar refractivity (Wildman–Crippen MR) is 149 cm³/mol. The molecule has 36 heavy (non-hydrogen) atoms. The van der Waals surface area contributed by atoms with Gasteiger partial charge < -0.3 is 10.2 Å². The number of benzene rings is 4. The van der Waals surface area contributed by atoms with Crippen LogP contribution in [0.1, 0.15) is 56.6 Å². The lowest BCUT2D eigenvalue weighted by atomic mass is 9.94. The Balaban J connectivity index is 1.84. The fraction of sp³-hybridized carbons (Fsp3) is 0.188. The molecule has 0 unspecified atom stereocenters. The van der Waals surface area contributed by atoms with E-state index in [0.29, 0.717) is 11.1 Å². The lowest BCUT2D eigenvalue weighted by Crippen LogP contribution is -2.09. The first-order valence-electron chi connectivity index (χ1n) is 12.1. The van der Waals surface area contributed by atoms with Crippen molar-refractivity contribution in [2.24, 2.45) is 9.98 Å². The van der Waals surface area contributed by atoms with Crippen molar-refractivity contribution in [2.45, 2.75) is 39.8 Å². The number of phenols is 2. The number of hydrogen-bond acceptors (Lipinski definition) is 4. The van der Waals surface area contributed by atoms with Gasteiger partial charge in [0.05, 0.1) is 0 Å². The van der Waals surface area contributed by atoms with Gasteiger partial charge in [-0.2, -0.15) is 0 Å². The second-order valence-electron chi connectivity index (χ2n) is 9.31. The molecule has 0 spiro atoms. The molecule has 0 bridgehead atoms. The van der Waals surface area contributed by atoms with Crippen LogP contribution < -0.4 is 0 Å². The third-order valence-corrected chi connectivity index (χ3v) is 6.28. The average Bonchev–Trinajstić information content (AvgIpc) is 2.87. The minimum Gasteiger partial charge on any atom is -0.507 e. The molecule has 0 aliphatic heterocycles. The Kier molecular flexibility index (Phi) is 7.65. The summed E-state index contributed by atoms with van der Waals surface area (Å²) in [5.74, 6) is 0.465. The van der Waals surface area contributed by atoms with Crippen LogP contribution in [0.3, 0.4) is 0 Å².